The number of phenols is 1. The first-order valence-corrected chi connectivity index (χ1v) is 5.57. The number of primary amides is 1. The van der Waals surface area contributed by atoms with Gasteiger partial charge in [-0.15, -0.1) is 0 Å². The molecule has 1 fully saturated rings. The smallest absolute Gasteiger partial charge is 0.250 e. The van der Waals surface area contributed by atoms with Crippen LogP contribution in [0.15, 0.2) is 18.2 Å². The van der Waals surface area contributed by atoms with Gasteiger partial charge in [0.1, 0.15) is 5.75 Å². The minimum Gasteiger partial charge on any atom is -0.506 e. The number of aromatic hydroxyl groups is 1. The van der Waals surface area contributed by atoms with Crippen molar-refractivity contribution in [2.45, 2.75) is 19.3 Å². The van der Waals surface area contributed by atoms with Gasteiger partial charge in [0, 0.05) is 13.1 Å². The Balaban J connectivity index is 2.40. The highest BCUT2D eigenvalue weighted by molar-refractivity contribution is 6.00. The predicted molar refractivity (Wildman–Crippen MR) is 62.7 cm³/mol. The molecule has 1 amide bonds. The van der Waals surface area contributed by atoms with Gasteiger partial charge in [0.25, 0.3) is 5.91 Å². The molecule has 0 bridgehead atoms. The van der Waals surface area contributed by atoms with E-state index in [1.807, 2.05) is 4.90 Å². The molecular formula is C12H16N2O2. The van der Waals surface area contributed by atoms with E-state index in [9.17, 15) is 9.90 Å². The second-order valence-electron chi connectivity index (χ2n) is 4.09. The molecule has 16 heavy (non-hydrogen) atoms. The maximum Gasteiger partial charge on any atom is 0.250 e. The maximum atomic E-state index is 11.3. The molecule has 4 heteroatoms. The van der Waals surface area contributed by atoms with E-state index in [2.05, 4.69) is 0 Å². The molecule has 3 N–H and O–H groups in total. The summed E-state index contributed by atoms with van der Waals surface area (Å²) in [5.41, 5.74) is 6.31. The molecule has 0 aromatic heterocycles. The van der Waals surface area contributed by atoms with Crippen LogP contribution < -0.4 is 10.6 Å². The summed E-state index contributed by atoms with van der Waals surface area (Å²) in [6.45, 7) is 1.75. The largest absolute Gasteiger partial charge is 0.506 e. The number of hydrogen-bond acceptors (Lipinski definition) is 3. The van der Waals surface area contributed by atoms with Gasteiger partial charge in [-0.05, 0) is 31.4 Å². The second-order valence-corrected chi connectivity index (χ2v) is 4.09. The number of carbonyl (C=O) groups is 1. The van der Waals surface area contributed by atoms with Gasteiger partial charge in [0.2, 0.25) is 0 Å². The van der Waals surface area contributed by atoms with Crippen LogP contribution >= 0.6 is 0 Å². The van der Waals surface area contributed by atoms with Crippen molar-refractivity contribution in [3.63, 3.8) is 0 Å². The molecule has 1 aromatic carbocycles. The third kappa shape index (κ3) is 1.96. The van der Waals surface area contributed by atoms with Gasteiger partial charge >= 0.3 is 0 Å². The normalized spacial score (nSPS) is 16.1. The summed E-state index contributed by atoms with van der Waals surface area (Å²) in [6, 6.07) is 4.89. The summed E-state index contributed by atoms with van der Waals surface area (Å²) in [4.78, 5) is 13.3. The number of para-hydroxylation sites is 1. The minimum atomic E-state index is -0.489. The molecule has 1 aromatic rings. The molecule has 86 valence electrons. The fourth-order valence-electron chi connectivity index (χ4n) is 2.18. The Morgan fingerprint density at radius 1 is 1.25 bits per heavy atom. The van der Waals surface area contributed by atoms with Crippen molar-refractivity contribution >= 4 is 11.6 Å². The molecule has 0 atom stereocenters. The Labute approximate surface area is 94.7 Å². The lowest BCUT2D eigenvalue weighted by molar-refractivity contribution is 0.100. The van der Waals surface area contributed by atoms with Gasteiger partial charge < -0.3 is 15.7 Å². The number of benzene rings is 1. The Hall–Kier alpha value is -1.71. The average Bonchev–Trinajstić information content (AvgIpc) is 2.29. The quantitative estimate of drug-likeness (QED) is 0.793. The second kappa shape index (κ2) is 4.43. The fraction of sp³-hybridized carbons (Fsp3) is 0.417. The van der Waals surface area contributed by atoms with E-state index in [0.29, 0.717) is 11.3 Å². The number of amides is 1. The zero-order chi connectivity index (χ0) is 11.5. The number of anilines is 1. The number of nitrogens with zero attached hydrogens (tertiary/aromatic N) is 1. The number of hydrogen-bond donors (Lipinski definition) is 2. The first-order valence-electron chi connectivity index (χ1n) is 5.57. The Bertz CT molecular complexity index is 398. The lowest BCUT2D eigenvalue weighted by atomic mass is 10.1. The summed E-state index contributed by atoms with van der Waals surface area (Å²) >= 11 is 0. The standard InChI is InChI=1S/C12H16N2O2/c13-12(16)9-5-4-6-10(15)11(9)14-7-2-1-3-8-14/h4-6,15H,1-3,7-8H2,(H2,13,16). The molecule has 1 heterocycles. The van der Waals surface area contributed by atoms with Crippen LogP contribution in [0.1, 0.15) is 29.6 Å². The van der Waals surface area contributed by atoms with Crippen molar-refractivity contribution in [2.75, 3.05) is 18.0 Å². The van der Waals surface area contributed by atoms with E-state index >= 15 is 0 Å². The minimum absolute atomic E-state index is 0.137. The highest BCUT2D eigenvalue weighted by atomic mass is 16.3. The van der Waals surface area contributed by atoms with Crippen molar-refractivity contribution in [1.82, 2.24) is 0 Å². The van der Waals surface area contributed by atoms with E-state index in [1.54, 1.807) is 18.2 Å². The molecule has 0 spiro atoms. The topological polar surface area (TPSA) is 66.6 Å². The molecule has 0 radical (unpaired) electrons. The zero-order valence-electron chi connectivity index (χ0n) is 9.15. The van der Waals surface area contributed by atoms with E-state index in [1.165, 1.54) is 6.42 Å². The monoisotopic (exact) mass is 220 g/mol. The highest BCUT2D eigenvalue weighted by Gasteiger charge is 2.20. The lowest BCUT2D eigenvalue weighted by Gasteiger charge is -2.30. The Morgan fingerprint density at radius 2 is 1.94 bits per heavy atom. The van der Waals surface area contributed by atoms with E-state index in [-0.39, 0.29) is 5.75 Å². The molecule has 0 aliphatic carbocycles. The van der Waals surface area contributed by atoms with Gasteiger partial charge in [-0.1, -0.05) is 6.07 Å². The lowest BCUT2D eigenvalue weighted by Crippen LogP contribution is -2.31. The van der Waals surface area contributed by atoms with Crippen LogP contribution in [0.3, 0.4) is 0 Å². The molecule has 0 unspecified atom stereocenters. The molecule has 1 aliphatic heterocycles. The zero-order valence-corrected chi connectivity index (χ0v) is 9.15. The van der Waals surface area contributed by atoms with Crippen LogP contribution in [0.5, 0.6) is 5.75 Å². The van der Waals surface area contributed by atoms with Crippen LogP contribution in [0, 0.1) is 0 Å². The first kappa shape index (κ1) is 10.8. The van der Waals surface area contributed by atoms with E-state index in [0.717, 1.165) is 25.9 Å². The number of phenolic OH excluding ortho intramolecular Hbond substituents is 1. The summed E-state index contributed by atoms with van der Waals surface area (Å²) in [5.74, 6) is -0.352. The number of carbonyl (C=O) groups excluding carboxylic acids is 1. The SMILES string of the molecule is NC(=O)c1cccc(O)c1N1CCCCC1. The maximum absolute atomic E-state index is 11.3. The van der Waals surface area contributed by atoms with E-state index < -0.39 is 5.91 Å². The number of rotatable bonds is 2. The third-order valence-electron chi connectivity index (χ3n) is 2.95. The molecule has 0 saturated carbocycles. The van der Waals surface area contributed by atoms with Gasteiger partial charge in [0.05, 0.1) is 11.3 Å². The van der Waals surface area contributed by atoms with Crippen molar-refractivity contribution < 1.29 is 9.90 Å². The Kier molecular flexibility index (Phi) is 2.99. The van der Waals surface area contributed by atoms with Crippen LogP contribution in [-0.2, 0) is 0 Å². The van der Waals surface area contributed by atoms with Gasteiger partial charge in [-0.25, -0.2) is 0 Å². The van der Waals surface area contributed by atoms with Gasteiger partial charge in [0.15, 0.2) is 0 Å². The van der Waals surface area contributed by atoms with Crippen LogP contribution in [0.4, 0.5) is 5.69 Å². The predicted octanol–water partition coefficient (Wildman–Crippen LogP) is 1.48. The van der Waals surface area contributed by atoms with Crippen molar-refractivity contribution in [1.29, 1.82) is 0 Å². The molecular weight excluding hydrogens is 204 g/mol. The van der Waals surface area contributed by atoms with Crippen molar-refractivity contribution in [3.05, 3.63) is 23.8 Å². The molecule has 1 aliphatic rings. The average molecular weight is 220 g/mol. The summed E-state index contributed by atoms with van der Waals surface area (Å²) in [7, 11) is 0. The van der Waals surface area contributed by atoms with E-state index in [4.69, 9.17) is 5.73 Å². The van der Waals surface area contributed by atoms with Crippen molar-refractivity contribution in [2.24, 2.45) is 5.73 Å². The third-order valence-corrected chi connectivity index (χ3v) is 2.95. The van der Waals surface area contributed by atoms with Crippen LogP contribution in [0.25, 0.3) is 0 Å². The van der Waals surface area contributed by atoms with Crippen LogP contribution in [0.2, 0.25) is 0 Å². The summed E-state index contributed by atoms with van der Waals surface area (Å²) in [5, 5.41) is 9.84. The van der Waals surface area contributed by atoms with Gasteiger partial charge in [-0.3, -0.25) is 4.79 Å². The summed E-state index contributed by atoms with van der Waals surface area (Å²) in [6.07, 6.45) is 3.38. The van der Waals surface area contributed by atoms with Gasteiger partial charge in [-0.2, -0.15) is 0 Å². The molecule has 2 rings (SSSR count). The Morgan fingerprint density at radius 3 is 2.56 bits per heavy atom. The van der Waals surface area contributed by atoms with Crippen LogP contribution in [-0.4, -0.2) is 24.1 Å². The number of piperidine rings is 1. The fourth-order valence-corrected chi connectivity index (χ4v) is 2.18. The highest BCUT2D eigenvalue weighted by Crippen LogP contribution is 2.32. The number of nitrogens with two attached hydrogens (primary N) is 1. The van der Waals surface area contributed by atoms with Crippen molar-refractivity contribution in [3.8, 4) is 5.75 Å². The summed E-state index contributed by atoms with van der Waals surface area (Å²) < 4.78 is 0. The molecule has 1 saturated heterocycles. The first-order chi connectivity index (χ1) is 7.70. The molecule has 4 nitrogen and oxygen atoms in total.